The van der Waals surface area contributed by atoms with E-state index in [2.05, 4.69) is 35.4 Å². The summed E-state index contributed by atoms with van der Waals surface area (Å²) in [6, 6.07) is 20.0. The highest BCUT2D eigenvalue weighted by Crippen LogP contribution is 2.28. The first-order valence-corrected chi connectivity index (χ1v) is 11.8. The Labute approximate surface area is 200 Å². The van der Waals surface area contributed by atoms with Crippen LogP contribution in [-0.4, -0.2) is 35.2 Å². The summed E-state index contributed by atoms with van der Waals surface area (Å²) in [6.07, 6.45) is 2.45. The first kappa shape index (κ1) is 23.4. The molecule has 2 aromatic carbocycles. The van der Waals surface area contributed by atoms with Crippen LogP contribution in [0.25, 0.3) is 11.0 Å². The molecule has 4 rings (SSSR count). The van der Waals surface area contributed by atoms with Crippen LogP contribution in [0, 0.1) is 6.92 Å². The van der Waals surface area contributed by atoms with Gasteiger partial charge in [0, 0.05) is 24.7 Å². The lowest BCUT2D eigenvalue weighted by Crippen LogP contribution is -2.28. The number of aromatic nitrogens is 2. The van der Waals surface area contributed by atoms with Gasteiger partial charge < -0.3 is 19.4 Å². The van der Waals surface area contributed by atoms with Crippen molar-refractivity contribution in [3.05, 3.63) is 89.2 Å². The Balaban J connectivity index is 1.49. The number of carbonyl (C=O) groups is 1. The molecule has 0 unspecified atom stereocenters. The predicted octanol–water partition coefficient (Wildman–Crippen LogP) is 5.16. The zero-order valence-corrected chi connectivity index (χ0v) is 20.0. The monoisotopic (exact) mass is 457 g/mol. The van der Waals surface area contributed by atoms with E-state index in [1.165, 1.54) is 5.56 Å². The molecular formula is C28H31N3O3. The fourth-order valence-corrected chi connectivity index (χ4v) is 4.09. The SMILES string of the molecule is CCOc1ccc(CCNC(=O)c2cc3cccnc3n2Cc2cccc(C)c2)cc1OCC. The average molecular weight is 458 g/mol. The summed E-state index contributed by atoms with van der Waals surface area (Å²) in [4.78, 5) is 17.7. The number of fused-ring (bicyclic) bond motifs is 1. The van der Waals surface area contributed by atoms with Gasteiger partial charge in [0.1, 0.15) is 11.3 Å². The number of amides is 1. The third kappa shape index (κ3) is 5.39. The van der Waals surface area contributed by atoms with Crippen LogP contribution in [0.1, 0.15) is 41.0 Å². The molecule has 2 heterocycles. The van der Waals surface area contributed by atoms with E-state index in [9.17, 15) is 4.79 Å². The molecule has 0 atom stereocenters. The Kier molecular flexibility index (Phi) is 7.48. The molecule has 2 aromatic heterocycles. The molecule has 0 bridgehead atoms. The highest BCUT2D eigenvalue weighted by atomic mass is 16.5. The number of hydrogen-bond acceptors (Lipinski definition) is 4. The number of benzene rings is 2. The van der Waals surface area contributed by atoms with Gasteiger partial charge in [0.2, 0.25) is 0 Å². The molecule has 6 nitrogen and oxygen atoms in total. The van der Waals surface area contributed by atoms with Crippen LogP contribution >= 0.6 is 0 Å². The van der Waals surface area contributed by atoms with Gasteiger partial charge in [-0.25, -0.2) is 4.98 Å². The first-order chi connectivity index (χ1) is 16.6. The number of hydrogen-bond donors (Lipinski definition) is 1. The highest BCUT2D eigenvalue weighted by molar-refractivity contribution is 5.98. The maximum atomic E-state index is 13.2. The predicted molar refractivity (Wildman–Crippen MR) is 135 cm³/mol. The standard InChI is InChI=1S/C28H31N3O3/c1-4-33-25-12-11-21(17-26(25)34-5-2)13-15-30-28(32)24-18-23-10-7-14-29-27(23)31(24)19-22-9-6-8-20(3)16-22/h6-12,14,16-18H,4-5,13,15,19H2,1-3H3,(H,30,32). The van der Waals surface area contributed by atoms with Gasteiger partial charge in [-0.3, -0.25) is 4.79 Å². The molecule has 0 radical (unpaired) electrons. The lowest BCUT2D eigenvalue weighted by Gasteiger charge is -2.13. The van der Waals surface area contributed by atoms with Crippen molar-refractivity contribution in [2.45, 2.75) is 33.7 Å². The average Bonchev–Trinajstić information content (AvgIpc) is 3.19. The van der Waals surface area contributed by atoms with Crippen LogP contribution in [0.5, 0.6) is 11.5 Å². The Hall–Kier alpha value is -3.80. The molecule has 6 heteroatoms. The van der Waals surface area contributed by atoms with E-state index in [4.69, 9.17) is 9.47 Å². The molecule has 1 N–H and O–H groups in total. The number of pyridine rings is 1. The summed E-state index contributed by atoms with van der Waals surface area (Å²) in [5.74, 6) is 1.37. The van der Waals surface area contributed by atoms with Crippen LogP contribution in [0.15, 0.2) is 66.9 Å². The smallest absolute Gasteiger partial charge is 0.268 e. The van der Waals surface area contributed by atoms with Gasteiger partial charge in [0.05, 0.1) is 13.2 Å². The molecular weight excluding hydrogens is 426 g/mol. The van der Waals surface area contributed by atoms with E-state index in [1.807, 2.05) is 60.9 Å². The number of nitrogens with zero attached hydrogens (tertiary/aromatic N) is 2. The third-order valence-electron chi connectivity index (χ3n) is 5.62. The quantitative estimate of drug-likeness (QED) is 0.357. The fraction of sp³-hybridized carbons (Fsp3) is 0.286. The summed E-state index contributed by atoms with van der Waals surface area (Å²) in [5, 5.41) is 4.03. The van der Waals surface area contributed by atoms with Gasteiger partial charge in [0.15, 0.2) is 11.5 Å². The summed E-state index contributed by atoms with van der Waals surface area (Å²) < 4.78 is 13.3. The Morgan fingerprint density at radius 1 is 0.941 bits per heavy atom. The second-order valence-corrected chi connectivity index (χ2v) is 8.17. The molecule has 34 heavy (non-hydrogen) atoms. The Bertz CT molecular complexity index is 1280. The number of rotatable bonds is 10. The lowest BCUT2D eigenvalue weighted by atomic mass is 10.1. The van der Waals surface area contributed by atoms with Gasteiger partial charge in [-0.2, -0.15) is 0 Å². The maximum absolute atomic E-state index is 13.2. The van der Waals surface area contributed by atoms with Gasteiger partial charge in [0.25, 0.3) is 5.91 Å². The van der Waals surface area contributed by atoms with Gasteiger partial charge in [-0.05, 0) is 68.7 Å². The molecule has 0 aliphatic carbocycles. The third-order valence-corrected chi connectivity index (χ3v) is 5.62. The number of aryl methyl sites for hydroxylation is 1. The van der Waals surface area contributed by atoms with Gasteiger partial charge >= 0.3 is 0 Å². The zero-order chi connectivity index (χ0) is 23.9. The molecule has 4 aromatic rings. The van der Waals surface area contributed by atoms with Gasteiger partial charge in [-0.15, -0.1) is 0 Å². The van der Waals surface area contributed by atoms with Crippen molar-refractivity contribution in [2.24, 2.45) is 0 Å². The van der Waals surface area contributed by atoms with E-state index >= 15 is 0 Å². The molecule has 1 amide bonds. The minimum Gasteiger partial charge on any atom is -0.490 e. The van der Waals surface area contributed by atoms with Crippen LogP contribution in [0.3, 0.4) is 0 Å². The summed E-state index contributed by atoms with van der Waals surface area (Å²) in [5.41, 5.74) is 4.82. The molecule has 0 spiro atoms. The van der Waals surface area contributed by atoms with Crippen LogP contribution in [-0.2, 0) is 13.0 Å². The van der Waals surface area contributed by atoms with E-state index in [0.29, 0.717) is 38.4 Å². The summed E-state index contributed by atoms with van der Waals surface area (Å²) in [6.45, 7) is 8.22. The van der Waals surface area contributed by atoms with Crippen molar-refractivity contribution >= 4 is 16.9 Å². The second kappa shape index (κ2) is 10.9. The molecule has 0 aliphatic rings. The lowest BCUT2D eigenvalue weighted by molar-refractivity contribution is 0.0945. The van der Waals surface area contributed by atoms with Crippen molar-refractivity contribution in [1.82, 2.24) is 14.9 Å². The van der Waals surface area contributed by atoms with Crippen LogP contribution < -0.4 is 14.8 Å². The van der Waals surface area contributed by atoms with Crippen molar-refractivity contribution in [3.63, 3.8) is 0 Å². The van der Waals surface area contributed by atoms with E-state index in [1.54, 1.807) is 6.20 Å². The normalized spacial score (nSPS) is 10.9. The summed E-state index contributed by atoms with van der Waals surface area (Å²) in [7, 11) is 0. The van der Waals surface area contributed by atoms with E-state index in [-0.39, 0.29) is 5.91 Å². The topological polar surface area (TPSA) is 65.4 Å². The minimum atomic E-state index is -0.110. The second-order valence-electron chi connectivity index (χ2n) is 8.17. The number of ether oxygens (including phenoxy) is 2. The number of nitrogens with one attached hydrogen (secondary N) is 1. The number of carbonyl (C=O) groups excluding carboxylic acids is 1. The van der Waals surface area contributed by atoms with Crippen molar-refractivity contribution in [1.29, 1.82) is 0 Å². The fourth-order valence-electron chi connectivity index (χ4n) is 4.09. The van der Waals surface area contributed by atoms with Crippen molar-refractivity contribution in [2.75, 3.05) is 19.8 Å². The largest absolute Gasteiger partial charge is 0.490 e. The molecule has 0 fully saturated rings. The van der Waals surface area contributed by atoms with E-state index < -0.39 is 0 Å². The summed E-state index contributed by atoms with van der Waals surface area (Å²) >= 11 is 0. The molecule has 0 saturated carbocycles. The Morgan fingerprint density at radius 3 is 2.56 bits per heavy atom. The van der Waals surface area contributed by atoms with Crippen molar-refractivity contribution < 1.29 is 14.3 Å². The molecule has 176 valence electrons. The molecule has 0 saturated heterocycles. The minimum absolute atomic E-state index is 0.110. The van der Waals surface area contributed by atoms with E-state index in [0.717, 1.165) is 33.7 Å². The van der Waals surface area contributed by atoms with Crippen LogP contribution in [0.2, 0.25) is 0 Å². The molecule has 0 aliphatic heterocycles. The van der Waals surface area contributed by atoms with Crippen molar-refractivity contribution in [3.8, 4) is 11.5 Å². The highest BCUT2D eigenvalue weighted by Gasteiger charge is 2.17. The van der Waals surface area contributed by atoms with Crippen LogP contribution in [0.4, 0.5) is 0 Å². The van der Waals surface area contributed by atoms with Gasteiger partial charge in [-0.1, -0.05) is 35.9 Å². The Morgan fingerprint density at radius 2 is 1.76 bits per heavy atom. The zero-order valence-electron chi connectivity index (χ0n) is 20.0. The maximum Gasteiger partial charge on any atom is 0.268 e. The first-order valence-electron chi connectivity index (χ1n) is 11.8.